The van der Waals surface area contributed by atoms with Crippen molar-refractivity contribution in [3.05, 3.63) is 90.1 Å². The molecule has 2 N–H and O–H groups in total. The molecule has 2 heterocycles. The van der Waals surface area contributed by atoms with Crippen LogP contribution in [0.1, 0.15) is 11.1 Å². The van der Waals surface area contributed by atoms with Crippen molar-refractivity contribution in [2.75, 3.05) is 43.5 Å². The van der Waals surface area contributed by atoms with Gasteiger partial charge >= 0.3 is 0 Å². The largest absolute Gasteiger partial charge is 0.497 e. The molecule has 1 aliphatic rings. The Labute approximate surface area is 200 Å². The lowest BCUT2D eigenvalue weighted by Crippen LogP contribution is -2.45. The van der Waals surface area contributed by atoms with E-state index in [9.17, 15) is 4.79 Å². The van der Waals surface area contributed by atoms with Crippen LogP contribution in [0.4, 0.5) is 11.4 Å². The van der Waals surface area contributed by atoms with Crippen LogP contribution in [0.25, 0.3) is 10.9 Å². The number of methoxy groups -OCH3 is 1. The Morgan fingerprint density at radius 1 is 0.971 bits per heavy atom. The third-order valence-corrected chi connectivity index (χ3v) is 6.46. The molecule has 0 aliphatic carbocycles. The third kappa shape index (κ3) is 5.07. The van der Waals surface area contributed by atoms with Crippen molar-refractivity contribution in [3.8, 4) is 5.75 Å². The molecule has 0 radical (unpaired) electrons. The minimum Gasteiger partial charge on any atom is -0.497 e. The number of piperazine rings is 1. The maximum Gasteiger partial charge on any atom is 0.228 e. The fourth-order valence-electron chi connectivity index (χ4n) is 4.57. The Hall–Kier alpha value is -3.77. The van der Waals surface area contributed by atoms with Crippen LogP contribution in [0, 0.1) is 0 Å². The number of hydrogen-bond acceptors (Lipinski definition) is 4. The zero-order valence-corrected chi connectivity index (χ0v) is 19.5. The fourth-order valence-corrected chi connectivity index (χ4v) is 4.57. The second-order valence-electron chi connectivity index (χ2n) is 8.75. The van der Waals surface area contributed by atoms with E-state index in [1.54, 1.807) is 7.11 Å². The first-order valence-corrected chi connectivity index (χ1v) is 11.7. The van der Waals surface area contributed by atoms with E-state index in [0.29, 0.717) is 6.42 Å². The number of nitrogens with zero attached hydrogens (tertiary/aromatic N) is 2. The van der Waals surface area contributed by atoms with E-state index in [-0.39, 0.29) is 5.91 Å². The standard InChI is InChI=1S/C28H30N4O2/c1-34-25-11-12-27-26(18-25)22(19-29-27)17-28(33)30-23-7-9-24(10-8-23)32-15-13-31(14-16-32)20-21-5-3-2-4-6-21/h2-12,18-19,29H,13-17,20H2,1H3,(H,30,33). The smallest absolute Gasteiger partial charge is 0.228 e. The Kier molecular flexibility index (Phi) is 6.49. The van der Waals surface area contributed by atoms with Crippen molar-refractivity contribution in [1.29, 1.82) is 0 Å². The Balaban J connectivity index is 1.15. The summed E-state index contributed by atoms with van der Waals surface area (Å²) in [4.78, 5) is 20.8. The highest BCUT2D eigenvalue weighted by Gasteiger charge is 2.17. The van der Waals surface area contributed by atoms with Gasteiger partial charge in [0.05, 0.1) is 13.5 Å². The van der Waals surface area contributed by atoms with E-state index in [4.69, 9.17) is 4.74 Å². The molecular formula is C28H30N4O2. The molecule has 1 fully saturated rings. The highest BCUT2D eigenvalue weighted by Crippen LogP contribution is 2.25. The first kappa shape index (κ1) is 22.0. The van der Waals surface area contributed by atoms with Gasteiger partial charge in [0.25, 0.3) is 0 Å². The fraction of sp³-hybridized carbons (Fsp3) is 0.250. The number of nitrogens with one attached hydrogen (secondary N) is 2. The van der Waals surface area contributed by atoms with Gasteiger partial charge in [0.2, 0.25) is 5.91 Å². The minimum atomic E-state index is -0.0361. The molecule has 4 aromatic rings. The molecule has 6 heteroatoms. The summed E-state index contributed by atoms with van der Waals surface area (Å²) in [5.41, 5.74) is 5.32. The molecule has 6 nitrogen and oxygen atoms in total. The lowest BCUT2D eigenvalue weighted by Gasteiger charge is -2.36. The third-order valence-electron chi connectivity index (χ3n) is 6.46. The van der Waals surface area contributed by atoms with Crippen LogP contribution in [0.2, 0.25) is 0 Å². The highest BCUT2D eigenvalue weighted by atomic mass is 16.5. The zero-order valence-electron chi connectivity index (χ0n) is 19.5. The van der Waals surface area contributed by atoms with Gasteiger partial charge in [-0.2, -0.15) is 0 Å². The molecule has 0 atom stereocenters. The molecule has 174 valence electrons. The molecule has 3 aromatic carbocycles. The summed E-state index contributed by atoms with van der Waals surface area (Å²) in [6.45, 7) is 5.10. The number of carbonyl (C=O) groups is 1. The number of rotatable bonds is 7. The first-order valence-electron chi connectivity index (χ1n) is 11.7. The predicted octanol–water partition coefficient (Wildman–Crippen LogP) is 4.68. The van der Waals surface area contributed by atoms with Crippen LogP contribution in [0.3, 0.4) is 0 Å². The van der Waals surface area contributed by atoms with E-state index in [1.165, 1.54) is 11.3 Å². The van der Waals surface area contributed by atoms with Crippen LogP contribution in [-0.4, -0.2) is 49.1 Å². The van der Waals surface area contributed by atoms with Crippen molar-refractivity contribution in [1.82, 2.24) is 9.88 Å². The molecule has 34 heavy (non-hydrogen) atoms. The topological polar surface area (TPSA) is 60.6 Å². The normalized spacial score (nSPS) is 14.3. The van der Waals surface area contributed by atoms with Crippen molar-refractivity contribution in [2.24, 2.45) is 0 Å². The first-order chi connectivity index (χ1) is 16.7. The number of anilines is 2. The van der Waals surface area contributed by atoms with Crippen LogP contribution in [0.5, 0.6) is 5.75 Å². The minimum absolute atomic E-state index is 0.0361. The highest BCUT2D eigenvalue weighted by molar-refractivity contribution is 5.96. The summed E-state index contributed by atoms with van der Waals surface area (Å²) in [6.07, 6.45) is 2.20. The monoisotopic (exact) mass is 454 g/mol. The molecule has 1 aliphatic heterocycles. The molecule has 0 bridgehead atoms. The summed E-state index contributed by atoms with van der Waals surface area (Å²) in [6, 6.07) is 24.7. The number of fused-ring (bicyclic) bond motifs is 1. The quantitative estimate of drug-likeness (QED) is 0.426. The summed E-state index contributed by atoms with van der Waals surface area (Å²) in [5.74, 6) is 0.747. The number of carbonyl (C=O) groups excluding carboxylic acids is 1. The number of H-pyrrole nitrogens is 1. The van der Waals surface area contributed by atoms with Gasteiger partial charge in [-0.15, -0.1) is 0 Å². The molecular weight excluding hydrogens is 424 g/mol. The van der Waals surface area contributed by atoms with E-state index in [1.807, 2.05) is 36.5 Å². The van der Waals surface area contributed by atoms with Gasteiger partial charge in [0.1, 0.15) is 5.75 Å². The molecule has 1 aromatic heterocycles. The molecule has 1 amide bonds. The lowest BCUT2D eigenvalue weighted by atomic mass is 10.1. The summed E-state index contributed by atoms with van der Waals surface area (Å²) in [5, 5.41) is 4.04. The van der Waals surface area contributed by atoms with Gasteiger partial charge in [-0.05, 0) is 53.6 Å². The van der Waals surface area contributed by atoms with E-state index in [0.717, 1.165) is 60.6 Å². The molecule has 0 unspecified atom stereocenters. The maximum atomic E-state index is 12.7. The van der Waals surface area contributed by atoms with Gasteiger partial charge in [-0.25, -0.2) is 0 Å². The van der Waals surface area contributed by atoms with Gasteiger partial charge in [0, 0.05) is 61.2 Å². The van der Waals surface area contributed by atoms with Crippen molar-refractivity contribution in [3.63, 3.8) is 0 Å². The Bertz CT molecular complexity index is 1240. The van der Waals surface area contributed by atoms with Crippen molar-refractivity contribution < 1.29 is 9.53 Å². The Morgan fingerprint density at radius 2 is 1.74 bits per heavy atom. The van der Waals surface area contributed by atoms with Gasteiger partial charge in [-0.3, -0.25) is 9.69 Å². The second-order valence-corrected chi connectivity index (χ2v) is 8.75. The second kappa shape index (κ2) is 10.0. The van der Waals surface area contributed by atoms with Crippen LogP contribution in [-0.2, 0) is 17.8 Å². The van der Waals surface area contributed by atoms with Crippen molar-refractivity contribution in [2.45, 2.75) is 13.0 Å². The van der Waals surface area contributed by atoms with Crippen LogP contribution in [0.15, 0.2) is 79.0 Å². The predicted molar refractivity (Wildman–Crippen MR) is 138 cm³/mol. The summed E-state index contributed by atoms with van der Waals surface area (Å²) in [7, 11) is 1.65. The number of benzene rings is 3. The average Bonchev–Trinajstić information content (AvgIpc) is 3.27. The maximum absolute atomic E-state index is 12.7. The number of aromatic amines is 1. The molecule has 1 saturated heterocycles. The SMILES string of the molecule is COc1ccc2[nH]cc(CC(=O)Nc3ccc(N4CCN(Cc5ccccc5)CC4)cc3)c2c1. The zero-order chi connectivity index (χ0) is 23.3. The van der Waals surface area contributed by atoms with Gasteiger partial charge < -0.3 is 19.9 Å². The molecule has 0 spiro atoms. The molecule has 0 saturated carbocycles. The Morgan fingerprint density at radius 3 is 2.47 bits per heavy atom. The summed E-state index contributed by atoms with van der Waals surface area (Å²) < 4.78 is 5.32. The van der Waals surface area contributed by atoms with Crippen molar-refractivity contribution >= 4 is 28.2 Å². The molecule has 5 rings (SSSR count). The lowest BCUT2D eigenvalue weighted by molar-refractivity contribution is -0.115. The van der Waals surface area contributed by atoms with Crippen LogP contribution < -0.4 is 15.0 Å². The van der Waals surface area contributed by atoms with Gasteiger partial charge in [0.15, 0.2) is 0 Å². The number of aromatic nitrogens is 1. The van der Waals surface area contributed by atoms with E-state index < -0.39 is 0 Å². The number of ether oxygens (including phenoxy) is 1. The van der Waals surface area contributed by atoms with E-state index >= 15 is 0 Å². The number of hydrogen-bond donors (Lipinski definition) is 2. The average molecular weight is 455 g/mol. The van der Waals surface area contributed by atoms with Gasteiger partial charge in [-0.1, -0.05) is 30.3 Å². The number of amides is 1. The van der Waals surface area contributed by atoms with E-state index in [2.05, 4.69) is 62.6 Å². The summed E-state index contributed by atoms with van der Waals surface area (Å²) >= 11 is 0. The van der Waals surface area contributed by atoms with Crippen LogP contribution >= 0.6 is 0 Å².